The SMILES string of the molecule is CCCC/C=C(/C)[Se]c1ccccc1. The molecule has 0 aromatic heterocycles. The Kier molecular flexibility index (Phi) is 5.66. The summed E-state index contributed by atoms with van der Waals surface area (Å²) in [6.07, 6.45) is 6.26. The van der Waals surface area contributed by atoms with E-state index in [1.807, 2.05) is 0 Å². The summed E-state index contributed by atoms with van der Waals surface area (Å²) < 4.78 is 3.03. The van der Waals surface area contributed by atoms with Crippen LogP contribution in [0.5, 0.6) is 0 Å². The van der Waals surface area contributed by atoms with Crippen LogP contribution in [0.1, 0.15) is 33.1 Å². The molecule has 0 aliphatic carbocycles. The zero-order valence-electron chi connectivity index (χ0n) is 8.99. The molecular weight excluding hydrogens is 235 g/mol. The van der Waals surface area contributed by atoms with Gasteiger partial charge in [0.25, 0.3) is 0 Å². The molecule has 1 rings (SSSR count). The number of hydrogen-bond acceptors (Lipinski definition) is 0. The second kappa shape index (κ2) is 6.86. The molecule has 0 amide bonds. The molecule has 0 atom stereocenters. The molecule has 0 aliphatic rings. The van der Waals surface area contributed by atoms with E-state index in [4.69, 9.17) is 0 Å². The van der Waals surface area contributed by atoms with Gasteiger partial charge in [-0.05, 0) is 0 Å². The van der Waals surface area contributed by atoms with E-state index in [2.05, 4.69) is 50.3 Å². The van der Waals surface area contributed by atoms with Crippen molar-refractivity contribution in [1.82, 2.24) is 0 Å². The van der Waals surface area contributed by atoms with E-state index in [-0.39, 0.29) is 0 Å². The summed E-state index contributed by atoms with van der Waals surface area (Å²) in [5, 5.41) is 0. The quantitative estimate of drug-likeness (QED) is 0.558. The standard InChI is InChI=1S/C13H18Se/c1-3-4-6-9-12(2)14-13-10-7-5-8-11-13/h5,7-11H,3-4,6H2,1-2H3/b12-9-. The molecule has 0 saturated carbocycles. The van der Waals surface area contributed by atoms with Crippen molar-refractivity contribution in [2.75, 3.05) is 0 Å². The summed E-state index contributed by atoms with van der Waals surface area (Å²) in [5.74, 6) is 0. The van der Waals surface area contributed by atoms with Crippen molar-refractivity contribution in [2.45, 2.75) is 33.1 Å². The fourth-order valence-electron chi connectivity index (χ4n) is 1.23. The van der Waals surface area contributed by atoms with E-state index >= 15 is 0 Å². The second-order valence-electron chi connectivity index (χ2n) is 3.37. The minimum absolute atomic E-state index is 0.537. The number of rotatable bonds is 5. The average molecular weight is 253 g/mol. The fourth-order valence-corrected chi connectivity index (χ4v) is 3.04. The van der Waals surface area contributed by atoms with Crippen molar-refractivity contribution in [3.63, 3.8) is 0 Å². The first-order valence-electron chi connectivity index (χ1n) is 5.22. The van der Waals surface area contributed by atoms with Gasteiger partial charge in [0.1, 0.15) is 0 Å². The summed E-state index contributed by atoms with van der Waals surface area (Å²) in [6.45, 7) is 4.49. The van der Waals surface area contributed by atoms with Crippen LogP contribution in [0.15, 0.2) is 40.9 Å². The Morgan fingerprint density at radius 1 is 1.29 bits per heavy atom. The van der Waals surface area contributed by atoms with Gasteiger partial charge >= 0.3 is 93.4 Å². The molecule has 1 aromatic carbocycles. The summed E-state index contributed by atoms with van der Waals surface area (Å²) in [4.78, 5) is 0. The Balaban J connectivity index is 2.40. The van der Waals surface area contributed by atoms with Crippen molar-refractivity contribution in [2.24, 2.45) is 0 Å². The van der Waals surface area contributed by atoms with E-state index in [0.717, 1.165) is 0 Å². The van der Waals surface area contributed by atoms with Crippen LogP contribution in [0.25, 0.3) is 0 Å². The Morgan fingerprint density at radius 2 is 2.00 bits per heavy atom. The van der Waals surface area contributed by atoms with Crippen LogP contribution < -0.4 is 4.46 Å². The van der Waals surface area contributed by atoms with Crippen LogP contribution in [-0.2, 0) is 0 Å². The summed E-state index contributed by atoms with van der Waals surface area (Å²) in [7, 11) is 0. The predicted octanol–water partition coefficient (Wildman–Crippen LogP) is 3.11. The molecule has 1 heteroatoms. The van der Waals surface area contributed by atoms with Crippen molar-refractivity contribution >= 4 is 19.4 Å². The Morgan fingerprint density at radius 3 is 2.64 bits per heavy atom. The van der Waals surface area contributed by atoms with Gasteiger partial charge in [-0.3, -0.25) is 0 Å². The first kappa shape index (κ1) is 11.6. The molecule has 76 valence electrons. The molecule has 0 nitrogen and oxygen atoms in total. The minimum atomic E-state index is 0.537. The van der Waals surface area contributed by atoms with Crippen molar-refractivity contribution in [3.05, 3.63) is 40.9 Å². The first-order chi connectivity index (χ1) is 6.83. The number of hydrogen-bond donors (Lipinski definition) is 0. The van der Waals surface area contributed by atoms with E-state index in [9.17, 15) is 0 Å². The van der Waals surface area contributed by atoms with Crippen molar-refractivity contribution < 1.29 is 0 Å². The normalized spacial score (nSPS) is 11.7. The topological polar surface area (TPSA) is 0 Å². The predicted molar refractivity (Wildman–Crippen MR) is 65.1 cm³/mol. The zero-order chi connectivity index (χ0) is 10.2. The van der Waals surface area contributed by atoms with Crippen molar-refractivity contribution in [1.29, 1.82) is 0 Å². The van der Waals surface area contributed by atoms with Crippen LogP contribution in [0, 0.1) is 0 Å². The molecule has 0 aliphatic heterocycles. The molecular formula is C13H18Se. The third-order valence-corrected chi connectivity index (χ3v) is 4.10. The summed E-state index contributed by atoms with van der Waals surface area (Å²) in [6, 6.07) is 10.8. The fraction of sp³-hybridized carbons (Fsp3) is 0.385. The first-order valence-corrected chi connectivity index (χ1v) is 6.94. The van der Waals surface area contributed by atoms with Crippen LogP contribution in [-0.4, -0.2) is 15.0 Å². The van der Waals surface area contributed by atoms with E-state index in [1.54, 1.807) is 4.47 Å². The van der Waals surface area contributed by atoms with Gasteiger partial charge in [0.15, 0.2) is 0 Å². The maximum atomic E-state index is 2.40. The van der Waals surface area contributed by atoms with E-state index < -0.39 is 0 Å². The zero-order valence-corrected chi connectivity index (χ0v) is 10.7. The van der Waals surface area contributed by atoms with Crippen LogP contribution >= 0.6 is 0 Å². The molecule has 0 saturated heterocycles. The molecule has 0 spiro atoms. The molecule has 0 fully saturated rings. The van der Waals surface area contributed by atoms with Crippen molar-refractivity contribution in [3.8, 4) is 0 Å². The molecule has 0 unspecified atom stereocenters. The summed E-state index contributed by atoms with van der Waals surface area (Å²) >= 11 is 0.537. The Hall–Kier alpha value is -0.521. The van der Waals surface area contributed by atoms with Crippen LogP contribution in [0.4, 0.5) is 0 Å². The van der Waals surface area contributed by atoms with E-state index in [1.165, 1.54) is 23.7 Å². The maximum absolute atomic E-state index is 2.40. The van der Waals surface area contributed by atoms with Gasteiger partial charge in [0.05, 0.1) is 0 Å². The van der Waals surface area contributed by atoms with Gasteiger partial charge < -0.3 is 0 Å². The Bertz CT molecular complexity index is 275. The van der Waals surface area contributed by atoms with Crippen LogP contribution in [0.2, 0.25) is 0 Å². The molecule has 1 aromatic rings. The van der Waals surface area contributed by atoms with E-state index in [0.29, 0.717) is 15.0 Å². The van der Waals surface area contributed by atoms with Gasteiger partial charge in [0.2, 0.25) is 0 Å². The van der Waals surface area contributed by atoms with Gasteiger partial charge in [-0.1, -0.05) is 0 Å². The van der Waals surface area contributed by atoms with Gasteiger partial charge in [0, 0.05) is 0 Å². The monoisotopic (exact) mass is 254 g/mol. The molecule has 0 heterocycles. The summed E-state index contributed by atoms with van der Waals surface area (Å²) in [5.41, 5.74) is 0. The average Bonchev–Trinajstić information content (AvgIpc) is 2.20. The number of allylic oxidation sites excluding steroid dienone is 2. The number of unbranched alkanes of at least 4 members (excludes halogenated alkanes) is 2. The van der Waals surface area contributed by atoms with Gasteiger partial charge in [-0.2, -0.15) is 0 Å². The van der Waals surface area contributed by atoms with Crippen LogP contribution in [0.3, 0.4) is 0 Å². The molecule has 0 N–H and O–H groups in total. The Labute approximate surface area is 93.6 Å². The third kappa shape index (κ3) is 4.64. The second-order valence-corrected chi connectivity index (χ2v) is 6.14. The molecule has 0 radical (unpaired) electrons. The number of benzene rings is 1. The molecule has 0 bridgehead atoms. The third-order valence-electron chi connectivity index (χ3n) is 2.01. The van der Waals surface area contributed by atoms with Gasteiger partial charge in [-0.15, -0.1) is 0 Å². The molecule has 14 heavy (non-hydrogen) atoms. The van der Waals surface area contributed by atoms with Gasteiger partial charge in [-0.25, -0.2) is 0 Å².